The Bertz CT molecular complexity index is 870. The summed E-state index contributed by atoms with van der Waals surface area (Å²) in [4.78, 5) is 23.7. The smallest absolute Gasteiger partial charge is 0.272 e. The van der Waals surface area contributed by atoms with Gasteiger partial charge in [0.15, 0.2) is 0 Å². The molecule has 1 amide bonds. The molecular formula is C20H19N3O. The third kappa shape index (κ3) is 2.75. The highest BCUT2D eigenvalue weighted by Gasteiger charge is 2.20. The Morgan fingerprint density at radius 3 is 2.50 bits per heavy atom. The van der Waals surface area contributed by atoms with Crippen molar-refractivity contribution in [2.45, 2.75) is 19.3 Å². The molecule has 0 radical (unpaired) electrons. The van der Waals surface area contributed by atoms with E-state index in [2.05, 4.69) is 4.98 Å². The Kier molecular flexibility index (Phi) is 3.95. The Balaban J connectivity index is 1.78. The fourth-order valence-electron chi connectivity index (χ4n) is 3.25. The van der Waals surface area contributed by atoms with Gasteiger partial charge in [0.2, 0.25) is 0 Å². The minimum Gasteiger partial charge on any atom is -0.337 e. The third-order valence-corrected chi connectivity index (χ3v) is 4.55. The largest absolute Gasteiger partial charge is 0.337 e. The van der Waals surface area contributed by atoms with E-state index in [1.165, 1.54) is 6.42 Å². The SMILES string of the molecule is O=C(c1ccc2cncc(-c3ccccc3)c2n1)N1CCCCC1. The van der Waals surface area contributed by atoms with Crippen LogP contribution in [-0.2, 0) is 0 Å². The number of carbonyl (C=O) groups excluding carboxylic acids is 1. The molecule has 0 bridgehead atoms. The lowest BCUT2D eigenvalue weighted by Crippen LogP contribution is -2.36. The van der Waals surface area contributed by atoms with Crippen LogP contribution in [0.3, 0.4) is 0 Å². The summed E-state index contributed by atoms with van der Waals surface area (Å²) in [6.07, 6.45) is 6.99. The third-order valence-electron chi connectivity index (χ3n) is 4.55. The Morgan fingerprint density at radius 1 is 0.917 bits per heavy atom. The fourth-order valence-corrected chi connectivity index (χ4v) is 3.25. The van der Waals surface area contributed by atoms with E-state index in [1.807, 2.05) is 53.6 Å². The molecule has 1 aliphatic rings. The molecule has 24 heavy (non-hydrogen) atoms. The molecule has 3 heterocycles. The number of likely N-dealkylation sites (tertiary alicyclic amines) is 1. The minimum atomic E-state index is 0.0347. The first-order valence-electron chi connectivity index (χ1n) is 8.42. The zero-order chi connectivity index (χ0) is 16.4. The number of benzene rings is 1. The van der Waals surface area contributed by atoms with Gasteiger partial charge in [0.25, 0.3) is 5.91 Å². The van der Waals surface area contributed by atoms with Gasteiger partial charge in [-0.05, 0) is 37.0 Å². The first-order valence-corrected chi connectivity index (χ1v) is 8.42. The van der Waals surface area contributed by atoms with Gasteiger partial charge >= 0.3 is 0 Å². The number of fused-ring (bicyclic) bond motifs is 1. The number of aromatic nitrogens is 2. The van der Waals surface area contributed by atoms with Gasteiger partial charge in [0, 0.05) is 36.4 Å². The minimum absolute atomic E-state index is 0.0347. The van der Waals surface area contributed by atoms with Crippen LogP contribution in [0.2, 0.25) is 0 Å². The second kappa shape index (κ2) is 6.40. The molecule has 120 valence electrons. The molecular weight excluding hydrogens is 298 g/mol. The summed E-state index contributed by atoms with van der Waals surface area (Å²) >= 11 is 0. The topological polar surface area (TPSA) is 46.1 Å². The van der Waals surface area contributed by atoms with Crippen molar-refractivity contribution in [1.82, 2.24) is 14.9 Å². The number of amides is 1. The number of rotatable bonds is 2. The maximum atomic E-state index is 12.7. The molecule has 1 saturated heterocycles. The van der Waals surface area contributed by atoms with Gasteiger partial charge in [-0.3, -0.25) is 9.78 Å². The standard InChI is InChI=1S/C20H19N3O/c24-20(23-11-5-2-6-12-23)18-10-9-16-13-21-14-17(19(16)22-18)15-7-3-1-4-8-15/h1,3-4,7-10,13-14H,2,5-6,11-12H2. The Hall–Kier alpha value is -2.75. The zero-order valence-corrected chi connectivity index (χ0v) is 13.5. The normalized spacial score (nSPS) is 14.8. The van der Waals surface area contributed by atoms with Gasteiger partial charge < -0.3 is 4.90 Å². The summed E-state index contributed by atoms with van der Waals surface area (Å²) in [5.41, 5.74) is 3.37. The van der Waals surface area contributed by atoms with E-state index in [1.54, 1.807) is 6.20 Å². The van der Waals surface area contributed by atoms with Crippen molar-refractivity contribution in [3.63, 3.8) is 0 Å². The van der Waals surface area contributed by atoms with E-state index < -0.39 is 0 Å². The molecule has 0 N–H and O–H groups in total. The second-order valence-electron chi connectivity index (χ2n) is 6.17. The van der Waals surface area contributed by atoms with E-state index in [9.17, 15) is 4.79 Å². The van der Waals surface area contributed by atoms with E-state index in [0.717, 1.165) is 48.0 Å². The monoisotopic (exact) mass is 317 g/mol. The van der Waals surface area contributed by atoms with Crippen LogP contribution < -0.4 is 0 Å². The first kappa shape index (κ1) is 14.8. The van der Waals surface area contributed by atoms with Crippen LogP contribution in [-0.4, -0.2) is 33.9 Å². The number of hydrogen-bond acceptors (Lipinski definition) is 3. The maximum Gasteiger partial charge on any atom is 0.272 e. The highest BCUT2D eigenvalue weighted by Crippen LogP contribution is 2.26. The van der Waals surface area contributed by atoms with Gasteiger partial charge in [-0.1, -0.05) is 30.3 Å². The average molecular weight is 317 g/mol. The van der Waals surface area contributed by atoms with Crippen LogP contribution in [0.4, 0.5) is 0 Å². The average Bonchev–Trinajstić information content (AvgIpc) is 2.68. The van der Waals surface area contributed by atoms with Crippen LogP contribution >= 0.6 is 0 Å². The zero-order valence-electron chi connectivity index (χ0n) is 13.5. The van der Waals surface area contributed by atoms with Crippen LogP contribution in [0.15, 0.2) is 54.9 Å². The second-order valence-corrected chi connectivity index (χ2v) is 6.17. The highest BCUT2D eigenvalue weighted by atomic mass is 16.2. The first-order chi connectivity index (χ1) is 11.8. The van der Waals surface area contributed by atoms with Crippen LogP contribution in [0, 0.1) is 0 Å². The van der Waals surface area contributed by atoms with Crippen LogP contribution in [0.5, 0.6) is 0 Å². The molecule has 0 atom stereocenters. The fraction of sp³-hybridized carbons (Fsp3) is 0.250. The van der Waals surface area contributed by atoms with Crippen molar-refractivity contribution in [2.24, 2.45) is 0 Å². The molecule has 3 aromatic rings. The molecule has 1 aromatic carbocycles. The molecule has 0 spiro atoms. The van der Waals surface area contributed by atoms with Crippen molar-refractivity contribution < 1.29 is 4.79 Å². The molecule has 1 fully saturated rings. The Labute approximate surface area is 141 Å². The van der Waals surface area contributed by atoms with Crippen molar-refractivity contribution in [3.05, 3.63) is 60.6 Å². The summed E-state index contributed by atoms with van der Waals surface area (Å²) in [5, 5.41) is 0.951. The number of pyridine rings is 2. The molecule has 0 aliphatic carbocycles. The van der Waals surface area contributed by atoms with Gasteiger partial charge in [-0.25, -0.2) is 4.98 Å². The van der Waals surface area contributed by atoms with E-state index in [-0.39, 0.29) is 5.91 Å². The Morgan fingerprint density at radius 2 is 1.71 bits per heavy atom. The summed E-state index contributed by atoms with van der Waals surface area (Å²) in [6, 6.07) is 13.8. The molecule has 4 heteroatoms. The summed E-state index contributed by atoms with van der Waals surface area (Å²) in [6.45, 7) is 1.67. The van der Waals surface area contributed by atoms with E-state index in [0.29, 0.717) is 5.69 Å². The number of hydrogen-bond donors (Lipinski definition) is 0. The lowest BCUT2D eigenvalue weighted by atomic mass is 10.0. The molecule has 0 unspecified atom stereocenters. The summed E-state index contributed by atoms with van der Waals surface area (Å²) < 4.78 is 0. The predicted octanol–water partition coefficient (Wildman–Crippen LogP) is 3.92. The van der Waals surface area contributed by atoms with Crippen molar-refractivity contribution in [1.29, 1.82) is 0 Å². The van der Waals surface area contributed by atoms with Crippen molar-refractivity contribution >= 4 is 16.8 Å². The summed E-state index contributed by atoms with van der Waals surface area (Å²) in [5.74, 6) is 0.0347. The molecule has 4 nitrogen and oxygen atoms in total. The van der Waals surface area contributed by atoms with Gasteiger partial charge in [0.05, 0.1) is 5.52 Å². The number of carbonyl (C=O) groups is 1. The maximum absolute atomic E-state index is 12.7. The number of nitrogens with zero attached hydrogens (tertiary/aromatic N) is 3. The van der Waals surface area contributed by atoms with Gasteiger partial charge in [-0.15, -0.1) is 0 Å². The predicted molar refractivity (Wildman–Crippen MR) is 94.7 cm³/mol. The van der Waals surface area contributed by atoms with Crippen molar-refractivity contribution in [2.75, 3.05) is 13.1 Å². The highest BCUT2D eigenvalue weighted by molar-refractivity contribution is 5.98. The van der Waals surface area contributed by atoms with Gasteiger partial charge in [-0.2, -0.15) is 0 Å². The van der Waals surface area contributed by atoms with Crippen LogP contribution in [0.1, 0.15) is 29.8 Å². The van der Waals surface area contributed by atoms with Gasteiger partial charge in [0.1, 0.15) is 5.69 Å². The molecule has 1 aliphatic heterocycles. The van der Waals surface area contributed by atoms with E-state index in [4.69, 9.17) is 4.98 Å². The lowest BCUT2D eigenvalue weighted by Gasteiger charge is -2.26. The summed E-state index contributed by atoms with van der Waals surface area (Å²) in [7, 11) is 0. The van der Waals surface area contributed by atoms with E-state index >= 15 is 0 Å². The molecule has 4 rings (SSSR count). The molecule has 2 aromatic heterocycles. The quantitative estimate of drug-likeness (QED) is 0.719. The molecule has 0 saturated carbocycles. The lowest BCUT2D eigenvalue weighted by molar-refractivity contribution is 0.0719. The van der Waals surface area contributed by atoms with Crippen molar-refractivity contribution in [3.8, 4) is 11.1 Å². The number of piperidine rings is 1. The van der Waals surface area contributed by atoms with Crippen LogP contribution in [0.25, 0.3) is 22.0 Å².